The van der Waals surface area contributed by atoms with Gasteiger partial charge >= 0.3 is 0 Å². The van der Waals surface area contributed by atoms with Crippen molar-refractivity contribution in [3.63, 3.8) is 0 Å². The van der Waals surface area contributed by atoms with Crippen molar-refractivity contribution in [2.24, 2.45) is 0 Å². The van der Waals surface area contributed by atoms with E-state index >= 15 is 0 Å². The van der Waals surface area contributed by atoms with Gasteiger partial charge in [0.1, 0.15) is 0 Å². The first kappa shape index (κ1) is 12.5. The molecule has 0 atom stereocenters. The molecule has 0 radical (unpaired) electrons. The molecule has 0 amide bonds. The fraction of sp³-hybridized carbons (Fsp3) is 0.312. The van der Waals surface area contributed by atoms with E-state index in [-0.39, 0.29) is 0 Å². The molecule has 3 heteroatoms. The molecule has 1 aromatic carbocycles. The summed E-state index contributed by atoms with van der Waals surface area (Å²) in [7, 11) is 0. The van der Waals surface area contributed by atoms with Crippen LogP contribution in [0.3, 0.4) is 0 Å². The number of fused-ring (bicyclic) bond motifs is 1. The third-order valence-corrected chi connectivity index (χ3v) is 4.00. The summed E-state index contributed by atoms with van der Waals surface area (Å²) in [6.07, 6.45) is 6.07. The predicted octanol–water partition coefficient (Wildman–Crippen LogP) is 3.77. The van der Waals surface area contributed by atoms with E-state index in [9.17, 15) is 0 Å². The minimum atomic E-state index is 0.515. The first-order valence-corrected chi connectivity index (χ1v) is 7.22. The molecule has 0 bridgehead atoms. The summed E-state index contributed by atoms with van der Waals surface area (Å²) in [5.41, 5.74) is 5.24. The number of aryl methyl sites for hydroxylation is 1. The summed E-state index contributed by atoms with van der Waals surface area (Å²) in [5, 5.41) is 0. The van der Waals surface area contributed by atoms with Gasteiger partial charge in [-0.1, -0.05) is 24.3 Å². The molecule has 0 fully saturated rings. The molecule has 0 saturated heterocycles. The second-order valence-electron chi connectivity index (χ2n) is 4.93. The quantitative estimate of drug-likeness (QED) is 0.774. The third-order valence-electron chi connectivity index (χ3n) is 3.72. The van der Waals surface area contributed by atoms with Crippen molar-refractivity contribution in [3.8, 4) is 0 Å². The van der Waals surface area contributed by atoms with Crippen LogP contribution >= 0.6 is 11.6 Å². The second-order valence-corrected chi connectivity index (χ2v) is 5.20. The number of pyridine rings is 1. The van der Waals surface area contributed by atoms with Crippen molar-refractivity contribution in [2.45, 2.75) is 25.3 Å². The van der Waals surface area contributed by atoms with Gasteiger partial charge in [-0.15, -0.1) is 11.6 Å². The average Bonchev–Trinajstić information content (AvgIpc) is 2.69. The fourth-order valence-electron chi connectivity index (χ4n) is 2.74. The SMILES string of the molecule is ClCc1cnccc1N1CCCc2ccccc2C1. The molecule has 2 aromatic rings. The molecular formula is C16H17ClN2. The number of rotatable bonds is 2. The molecule has 98 valence electrons. The Balaban J connectivity index is 1.94. The van der Waals surface area contributed by atoms with Crippen LogP contribution in [-0.4, -0.2) is 11.5 Å². The van der Waals surface area contributed by atoms with Crippen LogP contribution in [-0.2, 0) is 18.8 Å². The highest BCUT2D eigenvalue weighted by Gasteiger charge is 2.16. The average molecular weight is 273 g/mol. The zero-order valence-corrected chi connectivity index (χ0v) is 11.6. The minimum absolute atomic E-state index is 0.515. The van der Waals surface area contributed by atoms with Crippen LogP contribution in [0.2, 0.25) is 0 Å². The number of benzene rings is 1. The highest BCUT2D eigenvalue weighted by Crippen LogP contribution is 2.27. The first-order chi connectivity index (χ1) is 9.38. The van der Waals surface area contributed by atoms with E-state index in [2.05, 4.69) is 40.2 Å². The summed E-state index contributed by atoms with van der Waals surface area (Å²) < 4.78 is 0. The lowest BCUT2D eigenvalue weighted by Crippen LogP contribution is -2.23. The highest BCUT2D eigenvalue weighted by molar-refractivity contribution is 6.17. The van der Waals surface area contributed by atoms with Crippen molar-refractivity contribution >= 4 is 17.3 Å². The zero-order chi connectivity index (χ0) is 13.1. The molecular weight excluding hydrogens is 256 g/mol. The standard InChI is InChI=1S/C16H17ClN2/c17-10-15-11-18-8-7-16(15)19-9-3-6-13-4-1-2-5-14(13)12-19/h1-2,4-5,7-8,11H,3,6,9-10,12H2. The molecule has 0 saturated carbocycles. The lowest BCUT2D eigenvalue weighted by molar-refractivity contribution is 0.762. The zero-order valence-electron chi connectivity index (χ0n) is 10.8. The van der Waals surface area contributed by atoms with Crippen molar-refractivity contribution in [3.05, 3.63) is 59.4 Å². The Morgan fingerprint density at radius 1 is 1.16 bits per heavy atom. The maximum Gasteiger partial charge on any atom is 0.0509 e. The van der Waals surface area contributed by atoms with Gasteiger partial charge in [-0.05, 0) is 30.0 Å². The van der Waals surface area contributed by atoms with E-state index in [1.54, 1.807) is 0 Å². The molecule has 3 rings (SSSR count). The summed E-state index contributed by atoms with van der Waals surface area (Å²) in [5.74, 6) is 0.515. The minimum Gasteiger partial charge on any atom is -0.367 e. The monoisotopic (exact) mass is 272 g/mol. The molecule has 1 aliphatic rings. The maximum absolute atomic E-state index is 6.03. The van der Waals surface area contributed by atoms with Gasteiger partial charge in [0.05, 0.1) is 5.88 Å². The Hall–Kier alpha value is -1.54. The fourth-order valence-corrected chi connectivity index (χ4v) is 2.94. The van der Waals surface area contributed by atoms with Gasteiger partial charge < -0.3 is 4.90 Å². The van der Waals surface area contributed by atoms with Gasteiger partial charge in [0.25, 0.3) is 0 Å². The molecule has 0 spiro atoms. The Bertz CT molecular complexity index is 568. The second kappa shape index (κ2) is 5.62. The molecule has 19 heavy (non-hydrogen) atoms. The number of nitrogens with zero attached hydrogens (tertiary/aromatic N) is 2. The molecule has 0 unspecified atom stereocenters. The van der Waals surface area contributed by atoms with Crippen molar-refractivity contribution in [2.75, 3.05) is 11.4 Å². The molecule has 1 aromatic heterocycles. The van der Waals surface area contributed by atoms with Gasteiger partial charge in [0.15, 0.2) is 0 Å². The van der Waals surface area contributed by atoms with E-state index in [0.717, 1.165) is 25.1 Å². The molecule has 1 aliphatic heterocycles. The van der Waals surface area contributed by atoms with Crippen LogP contribution in [0.15, 0.2) is 42.7 Å². The predicted molar refractivity (Wildman–Crippen MR) is 79.6 cm³/mol. The summed E-state index contributed by atoms with van der Waals surface area (Å²) in [4.78, 5) is 6.59. The lowest BCUT2D eigenvalue weighted by Gasteiger charge is -2.25. The molecule has 0 aliphatic carbocycles. The Kier molecular flexibility index (Phi) is 3.69. The van der Waals surface area contributed by atoms with Crippen LogP contribution in [0.25, 0.3) is 0 Å². The Morgan fingerprint density at radius 2 is 2.00 bits per heavy atom. The van der Waals surface area contributed by atoms with Crippen LogP contribution in [0.5, 0.6) is 0 Å². The van der Waals surface area contributed by atoms with Gasteiger partial charge in [0, 0.05) is 36.7 Å². The number of hydrogen-bond acceptors (Lipinski definition) is 2. The summed E-state index contributed by atoms with van der Waals surface area (Å²) >= 11 is 6.03. The van der Waals surface area contributed by atoms with Crippen LogP contribution in [0.4, 0.5) is 5.69 Å². The summed E-state index contributed by atoms with van der Waals surface area (Å²) in [6, 6.07) is 10.8. The summed E-state index contributed by atoms with van der Waals surface area (Å²) in [6.45, 7) is 2.03. The van der Waals surface area contributed by atoms with Crippen LogP contribution < -0.4 is 4.90 Å². The smallest absolute Gasteiger partial charge is 0.0509 e. The molecule has 2 heterocycles. The lowest BCUT2D eigenvalue weighted by atomic mass is 10.0. The number of alkyl halides is 1. The molecule has 2 nitrogen and oxygen atoms in total. The van der Waals surface area contributed by atoms with Gasteiger partial charge in [-0.3, -0.25) is 4.98 Å². The first-order valence-electron chi connectivity index (χ1n) is 6.69. The van der Waals surface area contributed by atoms with Gasteiger partial charge in [-0.2, -0.15) is 0 Å². The topological polar surface area (TPSA) is 16.1 Å². The van der Waals surface area contributed by atoms with Crippen molar-refractivity contribution in [1.82, 2.24) is 4.98 Å². The number of hydrogen-bond donors (Lipinski definition) is 0. The van der Waals surface area contributed by atoms with Crippen LogP contribution in [0.1, 0.15) is 23.1 Å². The van der Waals surface area contributed by atoms with E-state index in [1.165, 1.54) is 23.2 Å². The van der Waals surface area contributed by atoms with Gasteiger partial charge in [-0.25, -0.2) is 0 Å². The van der Waals surface area contributed by atoms with Crippen molar-refractivity contribution < 1.29 is 0 Å². The van der Waals surface area contributed by atoms with E-state index in [1.807, 2.05) is 12.4 Å². The normalized spacial score (nSPS) is 14.9. The largest absolute Gasteiger partial charge is 0.367 e. The van der Waals surface area contributed by atoms with Crippen LogP contribution in [0, 0.1) is 0 Å². The third kappa shape index (κ3) is 2.59. The number of halogens is 1. The number of anilines is 1. The van der Waals surface area contributed by atoms with Gasteiger partial charge in [0.2, 0.25) is 0 Å². The maximum atomic E-state index is 6.03. The Labute approximate surface area is 119 Å². The van der Waals surface area contributed by atoms with E-state index in [4.69, 9.17) is 11.6 Å². The van der Waals surface area contributed by atoms with Crippen molar-refractivity contribution in [1.29, 1.82) is 0 Å². The van der Waals surface area contributed by atoms with E-state index < -0.39 is 0 Å². The Morgan fingerprint density at radius 3 is 2.84 bits per heavy atom. The molecule has 0 N–H and O–H groups in total. The van der Waals surface area contributed by atoms with E-state index in [0.29, 0.717) is 5.88 Å². The highest BCUT2D eigenvalue weighted by atomic mass is 35.5. The number of aromatic nitrogens is 1.